The fourth-order valence-electron chi connectivity index (χ4n) is 3.56. The van der Waals surface area contributed by atoms with Crippen molar-refractivity contribution >= 4 is 17.2 Å². The molecular weight excluding hydrogens is 420 g/mol. The Bertz CT molecular complexity index is 1150. The molecule has 0 radical (unpaired) electrons. The molecule has 7 heteroatoms. The number of nitrogens with one attached hydrogen (secondary N) is 1. The maximum atomic E-state index is 13.3. The van der Waals surface area contributed by atoms with Gasteiger partial charge in [0, 0.05) is 12.7 Å². The molecule has 4 rings (SSSR count). The second-order valence-electron chi connectivity index (χ2n) is 7.61. The number of rotatable bonds is 8. The number of amides is 1. The van der Waals surface area contributed by atoms with E-state index >= 15 is 0 Å². The molecule has 0 saturated heterocycles. The summed E-state index contributed by atoms with van der Waals surface area (Å²) in [6.45, 7) is 0.471. The zero-order valence-corrected chi connectivity index (χ0v) is 19.2. The Kier molecular flexibility index (Phi) is 6.68. The molecule has 1 atom stereocenters. The van der Waals surface area contributed by atoms with Gasteiger partial charge in [0.2, 0.25) is 0 Å². The summed E-state index contributed by atoms with van der Waals surface area (Å²) in [6, 6.07) is 21.7. The van der Waals surface area contributed by atoms with Crippen LogP contribution in [0, 0.1) is 0 Å². The third kappa shape index (κ3) is 4.74. The molecule has 0 unspecified atom stereocenters. The Labute approximate surface area is 192 Å². The van der Waals surface area contributed by atoms with E-state index in [-0.39, 0.29) is 11.9 Å². The Morgan fingerprint density at radius 1 is 1.09 bits per heavy atom. The Morgan fingerprint density at radius 3 is 2.47 bits per heavy atom. The van der Waals surface area contributed by atoms with Crippen LogP contribution in [0.1, 0.15) is 22.0 Å². The predicted octanol–water partition coefficient (Wildman–Crippen LogP) is 4.64. The lowest BCUT2D eigenvalue weighted by atomic mass is 10.1. The zero-order valence-electron chi connectivity index (χ0n) is 18.4. The number of nitrogens with zero attached hydrogens (tertiary/aromatic N) is 3. The first-order valence-electron chi connectivity index (χ1n) is 10.3. The van der Waals surface area contributed by atoms with Crippen molar-refractivity contribution in [2.45, 2.75) is 6.04 Å². The smallest absolute Gasteiger partial charge is 0.255 e. The molecule has 2 heterocycles. The molecule has 0 aliphatic rings. The van der Waals surface area contributed by atoms with Crippen molar-refractivity contribution in [2.75, 3.05) is 27.7 Å². The minimum absolute atomic E-state index is 0.0270. The quantitative estimate of drug-likeness (QED) is 0.428. The number of para-hydroxylation sites is 1. The maximum Gasteiger partial charge on any atom is 0.255 e. The van der Waals surface area contributed by atoms with E-state index in [1.165, 1.54) is 0 Å². The highest BCUT2D eigenvalue weighted by molar-refractivity contribution is 7.13. The van der Waals surface area contributed by atoms with Crippen molar-refractivity contribution in [3.63, 3.8) is 0 Å². The summed E-state index contributed by atoms with van der Waals surface area (Å²) in [7, 11) is 5.66. The molecule has 0 aliphatic carbocycles. The third-order valence-corrected chi connectivity index (χ3v) is 6.19. The number of carbonyl (C=O) groups excluding carboxylic acids is 1. The van der Waals surface area contributed by atoms with Gasteiger partial charge in [0.1, 0.15) is 11.4 Å². The number of hydrogen-bond donors (Lipinski definition) is 1. The highest BCUT2D eigenvalue weighted by Gasteiger charge is 2.21. The molecule has 2 aromatic carbocycles. The second-order valence-corrected chi connectivity index (χ2v) is 8.56. The number of carbonyl (C=O) groups is 1. The van der Waals surface area contributed by atoms with Crippen molar-refractivity contribution in [1.82, 2.24) is 20.0 Å². The largest absolute Gasteiger partial charge is 0.497 e. The Balaban J connectivity index is 1.58. The van der Waals surface area contributed by atoms with E-state index in [1.807, 2.05) is 86.2 Å². The maximum absolute atomic E-state index is 13.3. The van der Waals surface area contributed by atoms with E-state index in [0.717, 1.165) is 21.9 Å². The van der Waals surface area contributed by atoms with Gasteiger partial charge in [-0.3, -0.25) is 4.79 Å². The molecule has 4 aromatic rings. The number of thiophene rings is 1. The summed E-state index contributed by atoms with van der Waals surface area (Å²) >= 11 is 1.57. The summed E-state index contributed by atoms with van der Waals surface area (Å²) in [5.41, 5.74) is 3.26. The molecule has 0 spiro atoms. The molecule has 1 N–H and O–H groups in total. The van der Waals surface area contributed by atoms with E-state index < -0.39 is 0 Å². The van der Waals surface area contributed by atoms with Crippen LogP contribution in [-0.4, -0.2) is 48.3 Å². The summed E-state index contributed by atoms with van der Waals surface area (Å²) in [5, 5.41) is 9.83. The van der Waals surface area contributed by atoms with Crippen LogP contribution < -0.4 is 10.1 Å². The monoisotopic (exact) mass is 446 g/mol. The average Bonchev–Trinajstić information content (AvgIpc) is 3.50. The van der Waals surface area contributed by atoms with Crippen LogP contribution in [0.25, 0.3) is 16.3 Å². The van der Waals surface area contributed by atoms with E-state index in [9.17, 15) is 4.79 Å². The molecular formula is C25H26N4O2S. The van der Waals surface area contributed by atoms with Gasteiger partial charge in [0.15, 0.2) is 0 Å². The Hall–Kier alpha value is -3.42. The first-order valence-corrected chi connectivity index (χ1v) is 11.2. The van der Waals surface area contributed by atoms with Crippen molar-refractivity contribution in [3.8, 4) is 22.0 Å². The van der Waals surface area contributed by atoms with Crippen LogP contribution in [-0.2, 0) is 0 Å². The van der Waals surface area contributed by atoms with Crippen molar-refractivity contribution < 1.29 is 9.53 Å². The van der Waals surface area contributed by atoms with Gasteiger partial charge in [-0.25, -0.2) is 4.68 Å². The normalized spacial score (nSPS) is 12.0. The molecule has 32 heavy (non-hydrogen) atoms. The van der Waals surface area contributed by atoms with E-state index in [2.05, 4.69) is 10.2 Å². The standard InChI is InChI=1S/C25H26N4O2S/c1-28(2)22(18-11-13-20(31-3)14-12-18)16-26-25(30)21-17-29(19-8-5-4-6-9-19)27-24(21)23-10-7-15-32-23/h4-15,17,22H,16H2,1-3H3,(H,26,30)/t22-/m0/s1. The van der Waals surface area contributed by atoms with Crippen LogP contribution in [0.5, 0.6) is 5.75 Å². The minimum atomic E-state index is -0.143. The lowest BCUT2D eigenvalue weighted by Crippen LogP contribution is -2.34. The number of likely N-dealkylation sites (N-methyl/N-ethyl adjacent to an activating group) is 1. The van der Waals surface area contributed by atoms with Crippen molar-refractivity contribution in [2.24, 2.45) is 0 Å². The molecule has 0 bridgehead atoms. The topological polar surface area (TPSA) is 59.4 Å². The zero-order chi connectivity index (χ0) is 22.5. The summed E-state index contributed by atoms with van der Waals surface area (Å²) < 4.78 is 7.02. The van der Waals surface area contributed by atoms with Crippen molar-refractivity contribution in [1.29, 1.82) is 0 Å². The number of ether oxygens (including phenoxy) is 1. The summed E-state index contributed by atoms with van der Waals surface area (Å²) in [6.07, 6.45) is 1.80. The number of methoxy groups -OCH3 is 1. The molecule has 2 aromatic heterocycles. The molecule has 0 fully saturated rings. The van der Waals surface area contributed by atoms with Gasteiger partial charge in [0.25, 0.3) is 5.91 Å². The average molecular weight is 447 g/mol. The SMILES string of the molecule is COc1ccc([C@H](CNC(=O)c2cn(-c3ccccc3)nc2-c2cccs2)N(C)C)cc1. The van der Waals surface area contributed by atoms with Crippen LogP contribution in [0.15, 0.2) is 78.3 Å². The fraction of sp³-hybridized carbons (Fsp3) is 0.200. The second kappa shape index (κ2) is 9.80. The van der Waals surface area contributed by atoms with Crippen molar-refractivity contribution in [3.05, 3.63) is 89.4 Å². The lowest BCUT2D eigenvalue weighted by Gasteiger charge is -2.25. The van der Waals surface area contributed by atoms with Gasteiger partial charge >= 0.3 is 0 Å². The van der Waals surface area contributed by atoms with Gasteiger partial charge in [-0.05, 0) is 55.4 Å². The Morgan fingerprint density at radius 2 is 1.84 bits per heavy atom. The van der Waals surface area contributed by atoms with E-state index in [1.54, 1.807) is 29.3 Å². The fourth-order valence-corrected chi connectivity index (χ4v) is 4.28. The van der Waals surface area contributed by atoms with Crippen LogP contribution in [0.3, 0.4) is 0 Å². The predicted molar refractivity (Wildman–Crippen MR) is 129 cm³/mol. The van der Waals surface area contributed by atoms with Gasteiger partial charge in [-0.2, -0.15) is 5.10 Å². The van der Waals surface area contributed by atoms with Crippen LogP contribution in [0.2, 0.25) is 0 Å². The molecule has 1 amide bonds. The van der Waals surface area contributed by atoms with E-state index in [0.29, 0.717) is 17.8 Å². The van der Waals surface area contributed by atoms with Crippen LogP contribution in [0.4, 0.5) is 0 Å². The number of aromatic nitrogens is 2. The molecule has 6 nitrogen and oxygen atoms in total. The number of hydrogen-bond acceptors (Lipinski definition) is 5. The van der Waals surface area contributed by atoms with Gasteiger partial charge in [-0.1, -0.05) is 36.4 Å². The van der Waals surface area contributed by atoms with E-state index in [4.69, 9.17) is 9.84 Å². The molecule has 164 valence electrons. The van der Waals surface area contributed by atoms with Gasteiger partial charge < -0.3 is 15.0 Å². The lowest BCUT2D eigenvalue weighted by molar-refractivity contribution is 0.0942. The number of benzene rings is 2. The van der Waals surface area contributed by atoms with Gasteiger partial charge in [0.05, 0.1) is 29.3 Å². The minimum Gasteiger partial charge on any atom is -0.497 e. The van der Waals surface area contributed by atoms with Gasteiger partial charge in [-0.15, -0.1) is 11.3 Å². The summed E-state index contributed by atoms with van der Waals surface area (Å²) in [4.78, 5) is 16.3. The highest BCUT2D eigenvalue weighted by atomic mass is 32.1. The third-order valence-electron chi connectivity index (χ3n) is 5.31. The molecule has 0 aliphatic heterocycles. The van der Waals surface area contributed by atoms with Crippen LogP contribution >= 0.6 is 11.3 Å². The highest BCUT2D eigenvalue weighted by Crippen LogP contribution is 2.28. The first kappa shape index (κ1) is 21.8. The first-order chi connectivity index (χ1) is 15.6. The molecule has 0 saturated carbocycles. The summed E-state index contributed by atoms with van der Waals surface area (Å²) in [5.74, 6) is 0.667.